The molecule has 1 aliphatic rings. The van der Waals surface area contributed by atoms with E-state index in [1.807, 2.05) is 20.2 Å². The largest absolute Gasteiger partial charge is 0.314 e. The van der Waals surface area contributed by atoms with Crippen LogP contribution in [0.2, 0.25) is 0 Å². The monoisotopic (exact) mass is 300 g/mol. The molecule has 0 bridgehead atoms. The zero-order chi connectivity index (χ0) is 14.6. The van der Waals surface area contributed by atoms with E-state index in [9.17, 15) is 8.42 Å². The molecule has 1 fully saturated rings. The van der Waals surface area contributed by atoms with E-state index in [4.69, 9.17) is 0 Å². The molecule has 0 aliphatic heterocycles. The van der Waals surface area contributed by atoms with Gasteiger partial charge in [-0.3, -0.25) is 4.68 Å². The van der Waals surface area contributed by atoms with Crippen molar-refractivity contribution in [1.29, 1.82) is 0 Å². The van der Waals surface area contributed by atoms with E-state index >= 15 is 0 Å². The van der Waals surface area contributed by atoms with Gasteiger partial charge in [-0.25, -0.2) is 13.1 Å². The van der Waals surface area contributed by atoms with Gasteiger partial charge in [0.15, 0.2) is 0 Å². The number of nitrogens with zero attached hydrogens (tertiary/aromatic N) is 2. The van der Waals surface area contributed by atoms with Gasteiger partial charge in [0.1, 0.15) is 0 Å². The van der Waals surface area contributed by atoms with Crippen LogP contribution in [0.1, 0.15) is 37.4 Å². The summed E-state index contributed by atoms with van der Waals surface area (Å²) >= 11 is 0. The van der Waals surface area contributed by atoms with Crippen LogP contribution in [0, 0.1) is 0 Å². The van der Waals surface area contributed by atoms with Crippen molar-refractivity contribution in [2.75, 3.05) is 12.3 Å². The third-order valence-corrected chi connectivity index (χ3v) is 4.82. The van der Waals surface area contributed by atoms with E-state index in [1.54, 1.807) is 4.68 Å². The predicted octanol–water partition coefficient (Wildman–Crippen LogP) is 0.544. The Kier molecular flexibility index (Phi) is 5.17. The second-order valence-corrected chi connectivity index (χ2v) is 7.28. The first-order valence-electron chi connectivity index (χ1n) is 7.22. The fourth-order valence-electron chi connectivity index (χ4n) is 2.14. The number of aryl methyl sites for hydroxylation is 2. The SMILES string of the molecule is CCc1nn(C)cc1CNS(=O)(=O)CCCNC1CC1. The standard InChI is InChI=1S/C13H24N4O2S/c1-3-13-11(10-17(2)16-13)9-15-20(18,19)8-4-7-14-12-5-6-12/h10,12,14-15H,3-9H2,1-2H3. The topological polar surface area (TPSA) is 76.0 Å². The van der Waals surface area contributed by atoms with Crippen LogP contribution < -0.4 is 10.0 Å². The zero-order valence-corrected chi connectivity index (χ0v) is 13.0. The minimum absolute atomic E-state index is 0.175. The van der Waals surface area contributed by atoms with Crippen molar-refractivity contribution in [3.8, 4) is 0 Å². The molecule has 0 aromatic carbocycles. The van der Waals surface area contributed by atoms with Gasteiger partial charge in [-0.2, -0.15) is 5.10 Å². The lowest BCUT2D eigenvalue weighted by Gasteiger charge is -2.07. The number of sulfonamides is 1. The number of aromatic nitrogens is 2. The lowest BCUT2D eigenvalue weighted by atomic mass is 10.2. The van der Waals surface area contributed by atoms with E-state index in [0.29, 0.717) is 19.0 Å². The number of nitrogens with one attached hydrogen (secondary N) is 2. The molecule has 0 radical (unpaired) electrons. The van der Waals surface area contributed by atoms with Crippen LogP contribution in [-0.2, 0) is 30.0 Å². The smallest absolute Gasteiger partial charge is 0.211 e. The maximum Gasteiger partial charge on any atom is 0.211 e. The summed E-state index contributed by atoms with van der Waals surface area (Å²) in [5.41, 5.74) is 1.90. The summed E-state index contributed by atoms with van der Waals surface area (Å²) in [6.07, 6.45) is 5.79. The number of rotatable bonds is 9. The first kappa shape index (κ1) is 15.5. The third-order valence-electron chi connectivity index (χ3n) is 3.41. The van der Waals surface area contributed by atoms with Crippen LogP contribution in [0.15, 0.2) is 6.20 Å². The van der Waals surface area contributed by atoms with Crippen LogP contribution in [0.5, 0.6) is 0 Å². The summed E-state index contributed by atoms with van der Waals surface area (Å²) < 4.78 is 28.2. The van der Waals surface area contributed by atoms with Crippen LogP contribution in [-0.4, -0.2) is 36.5 Å². The number of hydrogen-bond donors (Lipinski definition) is 2. The van der Waals surface area contributed by atoms with Gasteiger partial charge in [-0.15, -0.1) is 0 Å². The Labute approximate surface area is 121 Å². The molecule has 20 heavy (non-hydrogen) atoms. The van der Waals surface area contributed by atoms with Gasteiger partial charge in [0.2, 0.25) is 10.0 Å². The van der Waals surface area contributed by atoms with E-state index in [0.717, 1.165) is 24.2 Å². The first-order valence-corrected chi connectivity index (χ1v) is 8.87. The Balaban J connectivity index is 1.75. The fourth-order valence-corrected chi connectivity index (χ4v) is 3.19. The molecule has 6 nitrogen and oxygen atoms in total. The summed E-state index contributed by atoms with van der Waals surface area (Å²) in [5, 5.41) is 7.62. The predicted molar refractivity (Wildman–Crippen MR) is 78.9 cm³/mol. The molecule has 0 amide bonds. The summed E-state index contributed by atoms with van der Waals surface area (Å²) in [5.74, 6) is 0.175. The fraction of sp³-hybridized carbons (Fsp3) is 0.769. The molecule has 1 heterocycles. The van der Waals surface area contributed by atoms with Gasteiger partial charge in [-0.1, -0.05) is 6.92 Å². The third kappa shape index (κ3) is 4.88. The maximum atomic E-state index is 11.9. The zero-order valence-electron chi connectivity index (χ0n) is 12.2. The van der Waals surface area contributed by atoms with E-state index in [2.05, 4.69) is 15.1 Å². The molecular formula is C13H24N4O2S. The molecule has 0 spiro atoms. The quantitative estimate of drug-likeness (QED) is 0.653. The normalized spacial score (nSPS) is 15.7. The lowest BCUT2D eigenvalue weighted by molar-refractivity contribution is 0.574. The molecular weight excluding hydrogens is 276 g/mol. The van der Waals surface area contributed by atoms with Gasteiger partial charge in [-0.05, 0) is 32.2 Å². The Morgan fingerprint density at radius 3 is 2.85 bits per heavy atom. The minimum atomic E-state index is -3.20. The molecule has 0 unspecified atom stereocenters. The highest BCUT2D eigenvalue weighted by molar-refractivity contribution is 7.89. The summed E-state index contributed by atoms with van der Waals surface area (Å²) in [7, 11) is -1.35. The Morgan fingerprint density at radius 2 is 2.20 bits per heavy atom. The van der Waals surface area contributed by atoms with Crippen LogP contribution in [0.4, 0.5) is 0 Å². The van der Waals surface area contributed by atoms with Gasteiger partial charge in [0.25, 0.3) is 0 Å². The summed E-state index contributed by atoms with van der Waals surface area (Å²) in [6.45, 7) is 3.12. The maximum absolute atomic E-state index is 11.9. The number of hydrogen-bond acceptors (Lipinski definition) is 4. The molecule has 0 atom stereocenters. The van der Waals surface area contributed by atoms with Crippen molar-refractivity contribution in [1.82, 2.24) is 19.8 Å². The van der Waals surface area contributed by atoms with Crippen molar-refractivity contribution in [2.45, 2.75) is 45.2 Å². The molecule has 1 aliphatic carbocycles. The van der Waals surface area contributed by atoms with Crippen molar-refractivity contribution < 1.29 is 8.42 Å². The van der Waals surface area contributed by atoms with Crippen LogP contribution in [0.25, 0.3) is 0 Å². The van der Waals surface area contributed by atoms with Crippen molar-refractivity contribution >= 4 is 10.0 Å². The van der Waals surface area contributed by atoms with E-state index in [-0.39, 0.29) is 5.75 Å². The molecule has 2 rings (SSSR count). The van der Waals surface area contributed by atoms with Gasteiger partial charge in [0, 0.05) is 31.4 Å². The van der Waals surface area contributed by atoms with Crippen LogP contribution in [0.3, 0.4) is 0 Å². The second-order valence-electron chi connectivity index (χ2n) is 5.35. The second kappa shape index (κ2) is 6.69. The molecule has 0 saturated heterocycles. The minimum Gasteiger partial charge on any atom is -0.314 e. The van der Waals surface area contributed by atoms with E-state index < -0.39 is 10.0 Å². The lowest BCUT2D eigenvalue weighted by Crippen LogP contribution is -2.28. The Hall–Kier alpha value is -0.920. The first-order chi connectivity index (χ1) is 9.50. The molecule has 1 aromatic rings. The molecule has 114 valence electrons. The van der Waals surface area contributed by atoms with Crippen LogP contribution >= 0.6 is 0 Å². The molecule has 2 N–H and O–H groups in total. The highest BCUT2D eigenvalue weighted by atomic mass is 32.2. The average molecular weight is 300 g/mol. The van der Waals surface area contributed by atoms with Gasteiger partial charge >= 0.3 is 0 Å². The van der Waals surface area contributed by atoms with Crippen molar-refractivity contribution in [2.24, 2.45) is 7.05 Å². The highest BCUT2D eigenvalue weighted by Gasteiger charge is 2.20. The van der Waals surface area contributed by atoms with Crippen molar-refractivity contribution in [3.63, 3.8) is 0 Å². The summed E-state index contributed by atoms with van der Waals surface area (Å²) in [6, 6.07) is 0.633. The highest BCUT2D eigenvalue weighted by Crippen LogP contribution is 2.18. The molecule has 7 heteroatoms. The molecule has 1 saturated carbocycles. The van der Waals surface area contributed by atoms with E-state index in [1.165, 1.54) is 12.8 Å². The Morgan fingerprint density at radius 1 is 1.45 bits per heavy atom. The van der Waals surface area contributed by atoms with Gasteiger partial charge < -0.3 is 5.32 Å². The van der Waals surface area contributed by atoms with Gasteiger partial charge in [0.05, 0.1) is 11.4 Å². The Bertz CT molecular complexity index is 535. The molecule has 1 aromatic heterocycles. The van der Waals surface area contributed by atoms with Crippen molar-refractivity contribution in [3.05, 3.63) is 17.5 Å². The summed E-state index contributed by atoms with van der Waals surface area (Å²) in [4.78, 5) is 0. The average Bonchev–Trinajstić information content (AvgIpc) is 3.15.